The molecule has 0 spiro atoms. The number of amides is 2. The first-order chi connectivity index (χ1) is 45.7. The lowest BCUT2D eigenvalue weighted by Crippen LogP contribution is -2.44. The van der Waals surface area contributed by atoms with E-state index in [0.29, 0.717) is 57.9 Å². The topological polar surface area (TPSA) is 218 Å². The van der Waals surface area contributed by atoms with Crippen molar-refractivity contribution in [3.63, 3.8) is 0 Å². The molecule has 21 nitrogen and oxygen atoms in total. The van der Waals surface area contributed by atoms with Crippen LogP contribution in [0.25, 0.3) is 67.4 Å². The van der Waals surface area contributed by atoms with Crippen LogP contribution in [-0.2, 0) is 16.6 Å². The lowest BCUT2D eigenvalue weighted by atomic mass is 9.96. The van der Waals surface area contributed by atoms with E-state index in [0.717, 1.165) is 137 Å². The van der Waals surface area contributed by atoms with E-state index in [1.54, 1.807) is 44.0 Å². The molecule has 0 atom stereocenters. The second-order valence-electron chi connectivity index (χ2n) is 23.3. The first kappa shape index (κ1) is 63.7. The third kappa shape index (κ3) is 12.5. The van der Waals surface area contributed by atoms with Crippen molar-refractivity contribution in [1.29, 1.82) is 0 Å². The molecule has 0 unspecified atom stereocenters. The molecule has 95 heavy (non-hydrogen) atoms. The Bertz CT molecular complexity index is 4940. The molecule has 0 radical (unpaired) electrons. The minimum atomic E-state index is -0.545. The molecule has 0 aliphatic carbocycles. The predicted octanol–water partition coefficient (Wildman–Crippen LogP) is 11.8. The molecule has 2 saturated heterocycles. The van der Waals surface area contributed by atoms with Crippen LogP contribution < -0.4 is 45.7 Å². The number of terminal acetylenes is 1. The molecule has 10 heterocycles. The van der Waals surface area contributed by atoms with E-state index in [2.05, 4.69) is 107 Å². The molecule has 4 N–H and O–H groups in total. The number of aliphatic hydroxyl groups is 1. The van der Waals surface area contributed by atoms with Gasteiger partial charge in [-0.3, -0.25) is 28.7 Å². The first-order valence-electron chi connectivity index (χ1n) is 31.1. The number of piperazine rings is 1. The number of nitrogens with zero attached hydrogens (tertiary/aromatic N) is 11. The van der Waals surface area contributed by atoms with E-state index >= 15 is 0 Å². The minimum absolute atomic E-state index is 0. The zero-order chi connectivity index (χ0) is 65.3. The smallest absolute Gasteiger partial charge is 0.275 e. The van der Waals surface area contributed by atoms with E-state index in [9.17, 15) is 19.5 Å². The number of para-hydroxylation sites is 2. The summed E-state index contributed by atoms with van der Waals surface area (Å²) in [5.41, 5.74) is 12.4. The van der Waals surface area contributed by atoms with Gasteiger partial charge in [-0.05, 0) is 106 Å². The maximum atomic E-state index is 13.0. The van der Waals surface area contributed by atoms with Gasteiger partial charge in [-0.15, -0.1) is 6.42 Å². The maximum Gasteiger partial charge on any atom is 0.275 e. The monoisotopic (exact) mass is 1270 g/mol. The molecule has 0 saturated carbocycles. The lowest BCUT2D eigenvalue weighted by Gasteiger charge is -2.34. The molecular weight excluding hydrogens is 1200 g/mol. The van der Waals surface area contributed by atoms with Gasteiger partial charge in [0.2, 0.25) is 11.9 Å². The number of hydrogen-bond acceptors (Lipinski definition) is 17. The number of fused-ring (bicyclic) bond motifs is 10. The Morgan fingerprint density at radius 2 is 1.36 bits per heavy atom. The number of methoxy groups -OCH3 is 1. The molecule has 0 bridgehead atoms. The quantitative estimate of drug-likeness (QED) is 0.0538. The summed E-state index contributed by atoms with van der Waals surface area (Å²) in [5.74, 6) is 5.70. The summed E-state index contributed by atoms with van der Waals surface area (Å²) >= 11 is 0. The number of rotatable bonds is 11. The highest BCUT2D eigenvalue weighted by atomic mass is 16.5. The summed E-state index contributed by atoms with van der Waals surface area (Å²) in [5, 5.41) is 20.9. The number of aromatic nitrogens is 7. The second-order valence-corrected chi connectivity index (χ2v) is 23.3. The van der Waals surface area contributed by atoms with Gasteiger partial charge in [-0.1, -0.05) is 86.7 Å². The van der Waals surface area contributed by atoms with Gasteiger partial charge in [0.1, 0.15) is 39.7 Å². The Balaban J connectivity index is 0.000000139. The normalized spacial score (nSPS) is 15.4. The van der Waals surface area contributed by atoms with Gasteiger partial charge in [-0.2, -0.15) is 9.97 Å². The highest BCUT2D eigenvalue weighted by molar-refractivity contribution is 6.20. The number of nitrogens with one attached hydrogen (secondary N) is 3. The zero-order valence-corrected chi connectivity index (χ0v) is 53.1. The number of aliphatic hydroxyl groups excluding tert-OH is 1. The van der Waals surface area contributed by atoms with Crippen molar-refractivity contribution in [2.75, 3.05) is 92.4 Å². The molecule has 4 aliphatic heterocycles. The Morgan fingerprint density at radius 3 is 2.05 bits per heavy atom. The summed E-state index contributed by atoms with van der Waals surface area (Å²) in [4.78, 5) is 64.6. The van der Waals surface area contributed by atoms with Crippen LogP contribution in [0.4, 0.5) is 40.3 Å². The Hall–Kier alpha value is -11.5. The largest absolute Gasteiger partial charge is 0.494 e. The SMILES string of the molecule is C.C#CC1=C(C)/C(=C/c2ccc(-c3ccccc3)o2)C(=O)NC1=O.C=C1c2cc3ccccc3n2-c2nc(Nc3ccc(N4CCC(O)CC4)cc3OCC)ncc2N1C.COc1cc(N2CCN(C)CC2)ccc1Nc1ncc2c(n1)n1c(cc3ccccc31)c(=O)n2C. The fourth-order valence-corrected chi connectivity index (χ4v) is 12.3. The van der Waals surface area contributed by atoms with Crippen molar-refractivity contribution in [2.24, 2.45) is 7.05 Å². The van der Waals surface area contributed by atoms with Crippen molar-refractivity contribution in [1.82, 2.24) is 43.7 Å². The summed E-state index contributed by atoms with van der Waals surface area (Å²) in [6.07, 6.45) is 11.8. The standard InChI is InChI=1S/C28H30N6O2.C26H27N7O2.C19H13NO3.CH4/c1-4-36-26-16-20(33-13-11-21(35)12-14-33)9-10-22(26)30-28-29-17-25-27(31-28)34-23-8-6-5-7-19(23)15-24(34)18(2)32(25)3;1-30-10-12-32(13-11-30)18-8-9-19(23(15-18)35-3)28-26-27-16-22-24(29-26)33-20-7-5-4-6-17(20)14-21(33)25(34)31(22)2;1-3-15-12(2)16(19(22)20-18(15)21)11-14-9-10-17(23-14)13-7-5-4-6-8-13;/h5-10,15-17,21,35H,2,4,11-14H2,1,3H3,(H,29,30,31);4-9,14-16H,10-13H2,1-3H3,(H,27,28,29);1,4-11H,2H3,(H,20,21,22);1H4/b;;16-11-;. The van der Waals surface area contributed by atoms with Crippen molar-refractivity contribution in [3.8, 4) is 41.0 Å². The average molecular weight is 1270 g/mol. The summed E-state index contributed by atoms with van der Waals surface area (Å²) in [6.45, 7) is 14.2. The molecule has 15 rings (SSSR count). The van der Waals surface area contributed by atoms with E-state index in [1.165, 1.54) is 0 Å². The highest BCUT2D eigenvalue weighted by Gasteiger charge is 2.29. The van der Waals surface area contributed by atoms with Crippen LogP contribution in [0.2, 0.25) is 0 Å². The third-order valence-corrected chi connectivity index (χ3v) is 17.5. The zero-order valence-electron chi connectivity index (χ0n) is 53.1. The maximum absolute atomic E-state index is 13.0. The molecule has 2 amide bonds. The van der Waals surface area contributed by atoms with Crippen LogP contribution in [-0.4, -0.2) is 128 Å². The molecule has 5 aromatic carbocycles. The van der Waals surface area contributed by atoms with Crippen molar-refractivity contribution < 1.29 is 28.6 Å². The number of likely N-dealkylation sites (N-methyl/N-ethyl adjacent to an activating group) is 1. The number of ether oxygens (including phenoxy) is 2. The number of imide groups is 1. The minimum Gasteiger partial charge on any atom is -0.494 e. The van der Waals surface area contributed by atoms with Crippen LogP contribution in [0.3, 0.4) is 0 Å². The van der Waals surface area contributed by atoms with E-state index in [1.807, 2.05) is 120 Å². The van der Waals surface area contributed by atoms with Crippen molar-refractivity contribution >= 4 is 102 Å². The lowest BCUT2D eigenvalue weighted by molar-refractivity contribution is -0.126. The molecule has 482 valence electrons. The van der Waals surface area contributed by atoms with Gasteiger partial charge in [-0.25, -0.2) is 9.97 Å². The molecular formula is C74H74N14O7. The number of carbonyl (C=O) groups excluding carboxylic acids is 2. The van der Waals surface area contributed by atoms with Crippen LogP contribution in [0.15, 0.2) is 184 Å². The highest BCUT2D eigenvalue weighted by Crippen LogP contribution is 2.41. The Labute approximate surface area is 549 Å². The number of carbonyl (C=O) groups is 2. The van der Waals surface area contributed by atoms with Gasteiger partial charge in [0.15, 0.2) is 11.5 Å². The van der Waals surface area contributed by atoms with Gasteiger partial charge < -0.3 is 53.8 Å². The average Bonchev–Trinajstić information content (AvgIpc) is 1.63. The number of benzene rings is 5. The molecule has 21 heteroatoms. The Kier molecular flexibility index (Phi) is 18.1. The second kappa shape index (κ2) is 27.0. The first-order valence-corrected chi connectivity index (χ1v) is 31.1. The molecule has 6 aromatic heterocycles. The van der Waals surface area contributed by atoms with Gasteiger partial charge in [0.05, 0.1) is 71.6 Å². The van der Waals surface area contributed by atoms with Crippen LogP contribution in [0, 0.1) is 12.3 Å². The molecule has 11 aromatic rings. The van der Waals surface area contributed by atoms with Gasteiger partial charge in [0.25, 0.3) is 17.4 Å². The van der Waals surface area contributed by atoms with Crippen LogP contribution in [0.5, 0.6) is 11.5 Å². The summed E-state index contributed by atoms with van der Waals surface area (Å²) in [7, 11) is 7.56. The Morgan fingerprint density at radius 1 is 0.726 bits per heavy atom. The summed E-state index contributed by atoms with van der Waals surface area (Å²) < 4.78 is 23.1. The number of piperidine rings is 1. The fraction of sp³-hybridized carbons (Fsp3) is 0.230. The van der Waals surface area contributed by atoms with Crippen molar-refractivity contribution in [3.05, 3.63) is 197 Å². The number of hydrogen-bond donors (Lipinski definition) is 4. The predicted molar refractivity (Wildman–Crippen MR) is 377 cm³/mol. The fourth-order valence-electron chi connectivity index (χ4n) is 12.3. The van der Waals surface area contributed by atoms with E-state index < -0.39 is 11.8 Å². The third-order valence-electron chi connectivity index (χ3n) is 17.5. The molecule has 4 aliphatic rings. The van der Waals surface area contributed by atoms with Gasteiger partial charge >= 0.3 is 0 Å². The number of anilines is 7. The van der Waals surface area contributed by atoms with E-state index in [4.69, 9.17) is 30.3 Å². The van der Waals surface area contributed by atoms with E-state index in [-0.39, 0.29) is 24.7 Å². The van der Waals surface area contributed by atoms with Crippen molar-refractivity contribution in [2.45, 2.75) is 40.2 Å². The number of furan rings is 1. The molecule has 2 fully saturated rings. The van der Waals surface area contributed by atoms with Crippen LogP contribution in [0.1, 0.15) is 45.6 Å². The summed E-state index contributed by atoms with van der Waals surface area (Å²) in [6, 6.07) is 45.8. The van der Waals surface area contributed by atoms with Gasteiger partial charge in [0, 0.05) is 98.8 Å². The van der Waals surface area contributed by atoms with Crippen LogP contribution >= 0.6 is 0 Å². The number of aryl methyl sites for hydroxylation is 1.